The quantitative estimate of drug-likeness (QED) is 0.888. The molecule has 1 aromatic heterocycles. The molecule has 5 heteroatoms. The average Bonchev–Trinajstić information content (AvgIpc) is 2.78. The van der Waals surface area contributed by atoms with Crippen molar-refractivity contribution in [1.82, 2.24) is 15.1 Å². The monoisotopic (exact) mass is 307 g/mol. The lowest BCUT2D eigenvalue weighted by atomic mass is 10.0. The van der Waals surface area contributed by atoms with E-state index in [0.29, 0.717) is 5.02 Å². The van der Waals surface area contributed by atoms with Gasteiger partial charge in [0, 0.05) is 17.6 Å². The van der Waals surface area contributed by atoms with Crippen LogP contribution in [0.4, 0.5) is 0 Å². The van der Waals surface area contributed by atoms with Crippen molar-refractivity contribution in [3.05, 3.63) is 46.2 Å². The molecule has 0 aliphatic heterocycles. The molecule has 0 amide bonds. The zero-order chi connectivity index (χ0) is 15.4. The van der Waals surface area contributed by atoms with Crippen molar-refractivity contribution < 1.29 is 4.74 Å². The SMILES string of the molecule is CCCNC(c1cc(Cl)ccc1OC)c1cc(C)nn1C. The standard InChI is InChI=1S/C16H22ClN3O/c1-5-8-18-16(14-9-11(2)19-20(14)3)13-10-12(17)6-7-15(13)21-4/h6-7,9-10,16,18H,5,8H2,1-4H3. The Balaban J connectivity index is 2.50. The number of hydrogen-bond acceptors (Lipinski definition) is 3. The number of ether oxygens (including phenoxy) is 1. The number of halogens is 1. The van der Waals surface area contributed by atoms with Crippen LogP contribution in [0.3, 0.4) is 0 Å². The molecule has 0 saturated heterocycles. The second-order valence-corrected chi connectivity index (χ2v) is 5.54. The number of hydrogen-bond donors (Lipinski definition) is 1. The molecule has 21 heavy (non-hydrogen) atoms. The number of nitrogens with zero attached hydrogens (tertiary/aromatic N) is 2. The number of aryl methyl sites for hydroxylation is 2. The summed E-state index contributed by atoms with van der Waals surface area (Å²) in [4.78, 5) is 0. The van der Waals surface area contributed by atoms with Crippen LogP contribution in [0.5, 0.6) is 5.75 Å². The molecule has 1 atom stereocenters. The summed E-state index contributed by atoms with van der Waals surface area (Å²) in [6.45, 7) is 5.05. The van der Waals surface area contributed by atoms with E-state index in [0.717, 1.165) is 35.7 Å². The third kappa shape index (κ3) is 3.57. The first-order valence-corrected chi connectivity index (χ1v) is 7.52. The summed E-state index contributed by atoms with van der Waals surface area (Å²) in [5, 5.41) is 8.71. The van der Waals surface area contributed by atoms with Gasteiger partial charge in [0.25, 0.3) is 0 Å². The molecule has 1 N–H and O–H groups in total. The molecule has 2 aromatic rings. The Morgan fingerprint density at radius 3 is 2.71 bits per heavy atom. The zero-order valence-electron chi connectivity index (χ0n) is 13.0. The second kappa shape index (κ2) is 6.96. The highest BCUT2D eigenvalue weighted by molar-refractivity contribution is 6.30. The van der Waals surface area contributed by atoms with E-state index in [1.54, 1.807) is 7.11 Å². The molecule has 1 aromatic carbocycles. The highest BCUT2D eigenvalue weighted by atomic mass is 35.5. The normalized spacial score (nSPS) is 12.4. The van der Waals surface area contributed by atoms with Crippen LogP contribution in [0.25, 0.3) is 0 Å². The van der Waals surface area contributed by atoms with Crippen molar-refractivity contribution >= 4 is 11.6 Å². The van der Waals surface area contributed by atoms with Crippen molar-refractivity contribution in [3.63, 3.8) is 0 Å². The molecule has 0 radical (unpaired) electrons. The lowest BCUT2D eigenvalue weighted by molar-refractivity contribution is 0.402. The highest BCUT2D eigenvalue weighted by Gasteiger charge is 2.21. The van der Waals surface area contributed by atoms with Crippen LogP contribution in [-0.4, -0.2) is 23.4 Å². The molecule has 1 heterocycles. The van der Waals surface area contributed by atoms with Crippen LogP contribution in [0, 0.1) is 6.92 Å². The predicted molar refractivity (Wildman–Crippen MR) is 86.1 cm³/mol. The van der Waals surface area contributed by atoms with E-state index < -0.39 is 0 Å². The molecule has 0 spiro atoms. The van der Waals surface area contributed by atoms with Gasteiger partial charge in [-0.15, -0.1) is 0 Å². The average molecular weight is 308 g/mol. The van der Waals surface area contributed by atoms with Crippen molar-refractivity contribution in [3.8, 4) is 5.75 Å². The van der Waals surface area contributed by atoms with Crippen molar-refractivity contribution in [2.24, 2.45) is 7.05 Å². The van der Waals surface area contributed by atoms with Crippen molar-refractivity contribution in [1.29, 1.82) is 0 Å². The molecular weight excluding hydrogens is 286 g/mol. The van der Waals surface area contributed by atoms with Gasteiger partial charge in [0.2, 0.25) is 0 Å². The summed E-state index contributed by atoms with van der Waals surface area (Å²) >= 11 is 6.18. The minimum atomic E-state index is 0.00444. The van der Waals surface area contributed by atoms with Crippen LogP contribution in [0.15, 0.2) is 24.3 Å². The van der Waals surface area contributed by atoms with Gasteiger partial charge in [0.1, 0.15) is 5.75 Å². The van der Waals surface area contributed by atoms with E-state index in [9.17, 15) is 0 Å². The van der Waals surface area contributed by atoms with Crippen molar-refractivity contribution in [2.45, 2.75) is 26.3 Å². The fraction of sp³-hybridized carbons (Fsp3) is 0.438. The number of benzene rings is 1. The topological polar surface area (TPSA) is 39.1 Å². The van der Waals surface area contributed by atoms with E-state index >= 15 is 0 Å². The molecule has 2 rings (SSSR count). The van der Waals surface area contributed by atoms with Gasteiger partial charge in [-0.2, -0.15) is 5.10 Å². The van der Waals surface area contributed by atoms with Gasteiger partial charge in [-0.05, 0) is 44.2 Å². The number of nitrogens with one attached hydrogen (secondary N) is 1. The number of rotatable bonds is 6. The summed E-state index contributed by atoms with van der Waals surface area (Å²) in [5.41, 5.74) is 3.12. The Labute approximate surface area is 131 Å². The van der Waals surface area contributed by atoms with E-state index in [1.807, 2.05) is 36.9 Å². The summed E-state index contributed by atoms with van der Waals surface area (Å²) < 4.78 is 7.41. The Morgan fingerprint density at radius 1 is 1.38 bits per heavy atom. The third-order valence-corrected chi connectivity index (χ3v) is 3.67. The first-order chi connectivity index (χ1) is 10.1. The largest absolute Gasteiger partial charge is 0.496 e. The predicted octanol–water partition coefficient (Wildman–Crippen LogP) is 3.48. The molecule has 0 fully saturated rings. The fourth-order valence-corrected chi connectivity index (χ4v) is 2.67. The minimum absolute atomic E-state index is 0.00444. The summed E-state index contributed by atoms with van der Waals surface area (Å²) in [6, 6.07) is 7.80. The summed E-state index contributed by atoms with van der Waals surface area (Å²) in [6.07, 6.45) is 1.05. The van der Waals surface area contributed by atoms with Gasteiger partial charge in [0.15, 0.2) is 0 Å². The molecule has 1 unspecified atom stereocenters. The molecule has 0 bridgehead atoms. The molecule has 0 aliphatic rings. The maximum atomic E-state index is 6.18. The van der Waals surface area contributed by atoms with E-state index in [-0.39, 0.29) is 6.04 Å². The van der Waals surface area contributed by atoms with Gasteiger partial charge in [0.05, 0.1) is 24.5 Å². The Morgan fingerprint density at radius 2 is 2.14 bits per heavy atom. The van der Waals surface area contributed by atoms with E-state index in [4.69, 9.17) is 16.3 Å². The van der Waals surface area contributed by atoms with Gasteiger partial charge in [-0.3, -0.25) is 4.68 Å². The lowest BCUT2D eigenvalue weighted by Gasteiger charge is -2.21. The fourth-order valence-electron chi connectivity index (χ4n) is 2.49. The highest BCUT2D eigenvalue weighted by Crippen LogP contribution is 2.32. The van der Waals surface area contributed by atoms with Crippen LogP contribution < -0.4 is 10.1 Å². The zero-order valence-corrected chi connectivity index (χ0v) is 13.7. The minimum Gasteiger partial charge on any atom is -0.496 e. The molecule has 0 saturated carbocycles. The summed E-state index contributed by atoms with van der Waals surface area (Å²) in [7, 11) is 3.64. The van der Waals surface area contributed by atoms with Crippen LogP contribution in [0.1, 0.15) is 36.3 Å². The smallest absolute Gasteiger partial charge is 0.124 e. The Bertz CT molecular complexity index is 610. The first-order valence-electron chi connectivity index (χ1n) is 7.14. The van der Waals surface area contributed by atoms with E-state index in [2.05, 4.69) is 23.4 Å². The van der Waals surface area contributed by atoms with Gasteiger partial charge in [-0.1, -0.05) is 18.5 Å². The van der Waals surface area contributed by atoms with Crippen LogP contribution in [-0.2, 0) is 7.05 Å². The lowest BCUT2D eigenvalue weighted by Crippen LogP contribution is -2.25. The van der Waals surface area contributed by atoms with Crippen LogP contribution in [0.2, 0.25) is 5.02 Å². The molecular formula is C16H22ClN3O. The van der Waals surface area contributed by atoms with Crippen molar-refractivity contribution in [2.75, 3.05) is 13.7 Å². The molecule has 0 aliphatic carbocycles. The number of aromatic nitrogens is 2. The maximum absolute atomic E-state index is 6.18. The van der Waals surface area contributed by atoms with Gasteiger partial charge in [-0.25, -0.2) is 0 Å². The number of methoxy groups -OCH3 is 1. The summed E-state index contributed by atoms with van der Waals surface area (Å²) in [5.74, 6) is 0.826. The van der Waals surface area contributed by atoms with Gasteiger partial charge < -0.3 is 10.1 Å². The first kappa shape index (κ1) is 15.9. The Kier molecular flexibility index (Phi) is 5.26. The second-order valence-electron chi connectivity index (χ2n) is 5.11. The van der Waals surface area contributed by atoms with E-state index in [1.165, 1.54) is 0 Å². The maximum Gasteiger partial charge on any atom is 0.124 e. The van der Waals surface area contributed by atoms with Gasteiger partial charge >= 0.3 is 0 Å². The van der Waals surface area contributed by atoms with Crippen LogP contribution >= 0.6 is 11.6 Å². The Hall–Kier alpha value is -1.52. The molecule has 4 nitrogen and oxygen atoms in total. The third-order valence-electron chi connectivity index (χ3n) is 3.44. The molecule has 114 valence electrons.